The number of hydrogen-bond donors (Lipinski definition) is 1. The maximum atomic E-state index is 12.0. The number of nitrogens with one attached hydrogen (secondary N) is 1. The van der Waals surface area contributed by atoms with Crippen molar-refractivity contribution in [1.29, 1.82) is 0 Å². The number of benzene rings is 2. The number of carbonyl (C=O) groups is 1. The van der Waals surface area contributed by atoms with Gasteiger partial charge in [0.2, 0.25) is 5.91 Å². The standard InChI is InChI=1S/C21H25NO2/c23-21(15-10-17-6-4-5-7-17)22-19-11-13-20(14-12-19)24-16-18-8-2-1-3-9-18/h1-3,8-9,11-14,17H,4-7,10,15-16H2,(H,22,23). The zero-order valence-electron chi connectivity index (χ0n) is 14.0. The van der Waals surface area contributed by atoms with E-state index in [1.54, 1.807) is 0 Å². The molecule has 3 heteroatoms. The van der Waals surface area contributed by atoms with Crippen molar-refractivity contribution in [3.8, 4) is 5.75 Å². The number of carbonyl (C=O) groups excluding carboxylic acids is 1. The molecule has 0 atom stereocenters. The summed E-state index contributed by atoms with van der Waals surface area (Å²) in [5, 5.41) is 2.97. The lowest BCUT2D eigenvalue weighted by molar-refractivity contribution is -0.116. The van der Waals surface area contributed by atoms with Gasteiger partial charge in [0.1, 0.15) is 12.4 Å². The first-order valence-corrected chi connectivity index (χ1v) is 8.86. The van der Waals surface area contributed by atoms with E-state index in [1.165, 1.54) is 25.7 Å². The SMILES string of the molecule is O=C(CCC1CCCC1)Nc1ccc(OCc2ccccc2)cc1. The van der Waals surface area contributed by atoms with E-state index >= 15 is 0 Å². The molecule has 1 aliphatic rings. The Labute approximate surface area is 144 Å². The van der Waals surface area contributed by atoms with Crippen molar-refractivity contribution in [1.82, 2.24) is 0 Å². The number of amides is 1. The molecule has 0 spiro atoms. The van der Waals surface area contributed by atoms with Crippen LogP contribution in [0, 0.1) is 5.92 Å². The Hall–Kier alpha value is -2.29. The van der Waals surface area contributed by atoms with Crippen LogP contribution in [0.3, 0.4) is 0 Å². The van der Waals surface area contributed by atoms with Crippen molar-refractivity contribution in [3.63, 3.8) is 0 Å². The second kappa shape index (κ2) is 8.53. The van der Waals surface area contributed by atoms with Crippen molar-refractivity contribution in [2.24, 2.45) is 5.92 Å². The van der Waals surface area contributed by atoms with Gasteiger partial charge in [-0.25, -0.2) is 0 Å². The van der Waals surface area contributed by atoms with Crippen LogP contribution in [0.4, 0.5) is 5.69 Å². The number of hydrogen-bond acceptors (Lipinski definition) is 2. The topological polar surface area (TPSA) is 38.3 Å². The zero-order valence-corrected chi connectivity index (χ0v) is 14.0. The molecule has 1 fully saturated rings. The van der Waals surface area contributed by atoms with Gasteiger partial charge in [-0.05, 0) is 42.2 Å². The molecule has 0 radical (unpaired) electrons. The van der Waals surface area contributed by atoms with Crippen molar-refractivity contribution >= 4 is 11.6 Å². The van der Waals surface area contributed by atoms with Crippen molar-refractivity contribution < 1.29 is 9.53 Å². The van der Waals surface area contributed by atoms with E-state index in [-0.39, 0.29) is 5.91 Å². The molecule has 0 bridgehead atoms. The van der Waals surface area contributed by atoms with Crippen LogP contribution in [-0.4, -0.2) is 5.91 Å². The predicted molar refractivity (Wildman–Crippen MR) is 97.0 cm³/mol. The molecule has 1 amide bonds. The fraction of sp³-hybridized carbons (Fsp3) is 0.381. The molecule has 0 heterocycles. The van der Waals surface area contributed by atoms with E-state index in [4.69, 9.17) is 4.74 Å². The quantitative estimate of drug-likeness (QED) is 0.763. The fourth-order valence-electron chi connectivity index (χ4n) is 3.23. The minimum absolute atomic E-state index is 0.111. The molecule has 0 aliphatic heterocycles. The summed E-state index contributed by atoms with van der Waals surface area (Å²) < 4.78 is 5.75. The van der Waals surface area contributed by atoms with Gasteiger partial charge in [0.15, 0.2) is 0 Å². The van der Waals surface area contributed by atoms with Gasteiger partial charge in [-0.3, -0.25) is 4.79 Å². The van der Waals surface area contributed by atoms with Gasteiger partial charge in [-0.2, -0.15) is 0 Å². The molecule has 1 saturated carbocycles. The van der Waals surface area contributed by atoms with Gasteiger partial charge in [0.05, 0.1) is 0 Å². The minimum atomic E-state index is 0.111. The fourth-order valence-corrected chi connectivity index (χ4v) is 3.23. The highest BCUT2D eigenvalue weighted by atomic mass is 16.5. The van der Waals surface area contributed by atoms with Crippen LogP contribution < -0.4 is 10.1 Å². The van der Waals surface area contributed by atoms with Crippen LogP contribution >= 0.6 is 0 Å². The third kappa shape index (κ3) is 5.12. The molecule has 2 aromatic carbocycles. The third-order valence-corrected chi connectivity index (χ3v) is 4.64. The van der Waals surface area contributed by atoms with E-state index in [0.29, 0.717) is 13.0 Å². The average Bonchev–Trinajstić information content (AvgIpc) is 3.14. The summed E-state index contributed by atoms with van der Waals surface area (Å²) in [4.78, 5) is 12.0. The van der Waals surface area contributed by atoms with Crippen LogP contribution in [0.1, 0.15) is 44.1 Å². The molecular formula is C21H25NO2. The van der Waals surface area contributed by atoms with Gasteiger partial charge >= 0.3 is 0 Å². The molecule has 3 rings (SSSR count). The zero-order chi connectivity index (χ0) is 16.6. The third-order valence-electron chi connectivity index (χ3n) is 4.64. The Morgan fingerprint density at radius 3 is 2.42 bits per heavy atom. The smallest absolute Gasteiger partial charge is 0.224 e. The molecule has 2 aromatic rings. The Morgan fingerprint density at radius 1 is 1.00 bits per heavy atom. The molecule has 0 unspecified atom stereocenters. The second-order valence-electron chi connectivity index (χ2n) is 6.54. The van der Waals surface area contributed by atoms with Crippen molar-refractivity contribution in [2.45, 2.75) is 45.1 Å². The normalized spacial score (nSPS) is 14.5. The number of anilines is 1. The van der Waals surface area contributed by atoms with Crippen LogP contribution in [-0.2, 0) is 11.4 Å². The van der Waals surface area contributed by atoms with Gasteiger partial charge in [0.25, 0.3) is 0 Å². The highest BCUT2D eigenvalue weighted by Crippen LogP contribution is 2.28. The summed E-state index contributed by atoms with van der Waals surface area (Å²) in [5.41, 5.74) is 1.97. The summed E-state index contributed by atoms with van der Waals surface area (Å²) >= 11 is 0. The maximum absolute atomic E-state index is 12.0. The summed E-state index contributed by atoms with van der Waals surface area (Å²) in [6.07, 6.45) is 6.88. The summed E-state index contributed by atoms with van der Waals surface area (Å²) in [5.74, 6) is 1.67. The van der Waals surface area contributed by atoms with Gasteiger partial charge in [0, 0.05) is 12.1 Å². The first-order valence-electron chi connectivity index (χ1n) is 8.86. The van der Waals surface area contributed by atoms with Gasteiger partial charge in [-0.15, -0.1) is 0 Å². The molecule has 126 valence electrons. The van der Waals surface area contributed by atoms with Crippen LogP contribution in [0.2, 0.25) is 0 Å². The lowest BCUT2D eigenvalue weighted by atomic mass is 10.0. The number of rotatable bonds is 7. The largest absolute Gasteiger partial charge is 0.489 e. The average molecular weight is 323 g/mol. The highest BCUT2D eigenvalue weighted by Gasteiger charge is 2.16. The van der Waals surface area contributed by atoms with Crippen LogP contribution in [0.15, 0.2) is 54.6 Å². The van der Waals surface area contributed by atoms with Crippen molar-refractivity contribution in [2.75, 3.05) is 5.32 Å². The molecule has 1 aliphatic carbocycles. The van der Waals surface area contributed by atoms with E-state index in [2.05, 4.69) is 5.32 Å². The van der Waals surface area contributed by atoms with Crippen LogP contribution in [0.5, 0.6) is 5.75 Å². The molecule has 3 nitrogen and oxygen atoms in total. The van der Waals surface area contributed by atoms with Gasteiger partial charge in [-0.1, -0.05) is 56.0 Å². The second-order valence-corrected chi connectivity index (χ2v) is 6.54. The number of ether oxygens (including phenoxy) is 1. The molecule has 1 N–H and O–H groups in total. The van der Waals surface area contributed by atoms with Crippen molar-refractivity contribution in [3.05, 3.63) is 60.2 Å². The Balaban J connectivity index is 1.42. The summed E-state index contributed by atoms with van der Waals surface area (Å²) in [6, 6.07) is 17.7. The van der Waals surface area contributed by atoms with E-state index in [9.17, 15) is 4.79 Å². The molecule has 24 heavy (non-hydrogen) atoms. The predicted octanol–water partition coefficient (Wildman–Crippen LogP) is 5.17. The monoisotopic (exact) mass is 323 g/mol. The van der Waals surface area contributed by atoms with E-state index in [0.717, 1.165) is 29.3 Å². The molecule has 0 saturated heterocycles. The highest BCUT2D eigenvalue weighted by molar-refractivity contribution is 5.90. The first kappa shape index (κ1) is 16.6. The summed E-state index contributed by atoms with van der Waals surface area (Å²) in [6.45, 7) is 0.550. The van der Waals surface area contributed by atoms with Gasteiger partial charge < -0.3 is 10.1 Å². The Bertz CT molecular complexity index is 631. The Morgan fingerprint density at radius 2 is 1.71 bits per heavy atom. The van der Waals surface area contributed by atoms with E-state index in [1.807, 2.05) is 54.6 Å². The van der Waals surface area contributed by atoms with Crippen LogP contribution in [0.25, 0.3) is 0 Å². The molecular weight excluding hydrogens is 298 g/mol. The summed E-state index contributed by atoms with van der Waals surface area (Å²) in [7, 11) is 0. The Kier molecular flexibility index (Phi) is 5.89. The first-order chi connectivity index (χ1) is 11.8. The lowest BCUT2D eigenvalue weighted by Gasteiger charge is -2.10. The minimum Gasteiger partial charge on any atom is -0.489 e. The lowest BCUT2D eigenvalue weighted by Crippen LogP contribution is -2.12. The van der Waals surface area contributed by atoms with E-state index < -0.39 is 0 Å². The molecule has 0 aromatic heterocycles. The maximum Gasteiger partial charge on any atom is 0.224 e.